The standard InChI is InChI=1S/C16H12N4O3/c1-11-18-17-10-19(11)15-8-7-13(20(22)23)9-14(15)16(21)12-5-3-2-4-6-12/h2-10H,1H3. The van der Waals surface area contributed by atoms with Crippen LogP contribution in [-0.4, -0.2) is 25.5 Å². The zero-order valence-corrected chi connectivity index (χ0v) is 12.2. The first-order valence-electron chi connectivity index (χ1n) is 6.83. The molecule has 7 heteroatoms. The smallest absolute Gasteiger partial charge is 0.270 e. The van der Waals surface area contributed by atoms with E-state index in [0.29, 0.717) is 17.1 Å². The number of carbonyl (C=O) groups is 1. The van der Waals surface area contributed by atoms with Gasteiger partial charge in [0.05, 0.1) is 16.2 Å². The molecule has 0 spiro atoms. The average molecular weight is 308 g/mol. The molecule has 0 atom stereocenters. The molecule has 1 aromatic heterocycles. The first kappa shape index (κ1) is 14.6. The third kappa shape index (κ3) is 2.71. The lowest BCUT2D eigenvalue weighted by molar-refractivity contribution is -0.384. The largest absolute Gasteiger partial charge is 0.289 e. The van der Waals surface area contributed by atoms with Crippen molar-refractivity contribution in [3.05, 3.63) is 81.9 Å². The second-order valence-electron chi connectivity index (χ2n) is 4.90. The first-order chi connectivity index (χ1) is 11.1. The van der Waals surface area contributed by atoms with Crippen LogP contribution in [0.5, 0.6) is 0 Å². The molecule has 2 aromatic carbocycles. The highest BCUT2D eigenvalue weighted by atomic mass is 16.6. The van der Waals surface area contributed by atoms with Gasteiger partial charge in [0.2, 0.25) is 0 Å². The van der Waals surface area contributed by atoms with Crippen molar-refractivity contribution in [1.82, 2.24) is 14.8 Å². The van der Waals surface area contributed by atoms with Crippen LogP contribution < -0.4 is 0 Å². The maximum absolute atomic E-state index is 12.8. The van der Waals surface area contributed by atoms with E-state index < -0.39 is 4.92 Å². The third-order valence-corrected chi connectivity index (χ3v) is 3.45. The van der Waals surface area contributed by atoms with Gasteiger partial charge >= 0.3 is 0 Å². The Kier molecular flexibility index (Phi) is 3.68. The second kappa shape index (κ2) is 5.80. The Balaban J connectivity index is 2.20. The molecule has 0 saturated carbocycles. The predicted molar refractivity (Wildman–Crippen MR) is 82.6 cm³/mol. The fraction of sp³-hybridized carbons (Fsp3) is 0.0625. The van der Waals surface area contributed by atoms with Crippen LogP contribution >= 0.6 is 0 Å². The van der Waals surface area contributed by atoms with Gasteiger partial charge < -0.3 is 0 Å². The molecule has 0 radical (unpaired) electrons. The lowest BCUT2D eigenvalue weighted by Crippen LogP contribution is -2.09. The molecule has 7 nitrogen and oxygen atoms in total. The number of rotatable bonds is 4. The minimum atomic E-state index is -0.523. The van der Waals surface area contributed by atoms with Crippen LogP contribution in [0.1, 0.15) is 21.7 Å². The summed E-state index contributed by atoms with van der Waals surface area (Å²) in [6, 6.07) is 12.8. The van der Waals surface area contributed by atoms with E-state index in [0.717, 1.165) is 0 Å². The number of hydrogen-bond acceptors (Lipinski definition) is 5. The van der Waals surface area contributed by atoms with Crippen LogP contribution in [-0.2, 0) is 0 Å². The predicted octanol–water partition coefficient (Wildman–Crippen LogP) is 2.71. The van der Waals surface area contributed by atoms with Crippen LogP contribution in [0.3, 0.4) is 0 Å². The summed E-state index contributed by atoms with van der Waals surface area (Å²) in [7, 11) is 0. The Morgan fingerprint density at radius 1 is 1.17 bits per heavy atom. The minimum Gasteiger partial charge on any atom is -0.289 e. The number of nitro benzene ring substituents is 1. The van der Waals surface area contributed by atoms with E-state index in [9.17, 15) is 14.9 Å². The highest BCUT2D eigenvalue weighted by molar-refractivity contribution is 6.11. The van der Waals surface area contributed by atoms with E-state index in [1.807, 2.05) is 0 Å². The molecule has 23 heavy (non-hydrogen) atoms. The van der Waals surface area contributed by atoms with Crippen molar-refractivity contribution in [2.75, 3.05) is 0 Å². The van der Waals surface area contributed by atoms with Crippen molar-refractivity contribution < 1.29 is 9.72 Å². The average Bonchev–Trinajstić information content (AvgIpc) is 3.00. The Labute approximate surface area is 131 Å². The lowest BCUT2D eigenvalue weighted by atomic mass is 10.0. The molecule has 0 aliphatic rings. The summed E-state index contributed by atoms with van der Waals surface area (Å²) in [4.78, 5) is 23.3. The van der Waals surface area contributed by atoms with Crippen molar-refractivity contribution in [2.45, 2.75) is 6.92 Å². The minimum absolute atomic E-state index is 0.140. The van der Waals surface area contributed by atoms with Crippen molar-refractivity contribution >= 4 is 11.5 Å². The van der Waals surface area contributed by atoms with E-state index in [1.165, 1.54) is 24.5 Å². The summed E-state index contributed by atoms with van der Waals surface area (Å²) in [5.74, 6) is 0.290. The van der Waals surface area contributed by atoms with Gasteiger partial charge in [0.15, 0.2) is 5.78 Å². The van der Waals surface area contributed by atoms with Crippen molar-refractivity contribution in [2.24, 2.45) is 0 Å². The van der Waals surface area contributed by atoms with E-state index >= 15 is 0 Å². The van der Waals surface area contributed by atoms with E-state index in [1.54, 1.807) is 41.8 Å². The normalized spacial score (nSPS) is 10.5. The van der Waals surface area contributed by atoms with Crippen LogP contribution in [0.25, 0.3) is 5.69 Å². The molecule has 114 valence electrons. The number of non-ortho nitro benzene ring substituents is 1. The van der Waals surface area contributed by atoms with Gasteiger partial charge in [-0.05, 0) is 13.0 Å². The Morgan fingerprint density at radius 3 is 2.52 bits per heavy atom. The maximum Gasteiger partial charge on any atom is 0.270 e. The molecule has 0 bridgehead atoms. The van der Waals surface area contributed by atoms with E-state index in [-0.39, 0.29) is 17.0 Å². The van der Waals surface area contributed by atoms with Crippen molar-refractivity contribution in [1.29, 1.82) is 0 Å². The zero-order chi connectivity index (χ0) is 16.4. The third-order valence-electron chi connectivity index (χ3n) is 3.45. The number of benzene rings is 2. The fourth-order valence-electron chi connectivity index (χ4n) is 2.30. The summed E-state index contributed by atoms with van der Waals surface area (Å²) in [5.41, 5.74) is 1.05. The molecule has 0 N–H and O–H groups in total. The number of aryl methyl sites for hydroxylation is 1. The van der Waals surface area contributed by atoms with Gasteiger partial charge in [0.1, 0.15) is 12.2 Å². The molecule has 0 saturated heterocycles. The van der Waals surface area contributed by atoms with E-state index in [4.69, 9.17) is 0 Å². The molecular weight excluding hydrogens is 296 g/mol. The van der Waals surface area contributed by atoms with Gasteiger partial charge in [-0.25, -0.2) is 0 Å². The summed E-state index contributed by atoms with van der Waals surface area (Å²) >= 11 is 0. The quantitative estimate of drug-likeness (QED) is 0.420. The Hall–Kier alpha value is -3.35. The molecule has 0 amide bonds. The van der Waals surface area contributed by atoms with Crippen molar-refractivity contribution in [3.8, 4) is 5.69 Å². The molecule has 0 aliphatic carbocycles. The summed E-state index contributed by atoms with van der Waals surface area (Å²) in [5, 5.41) is 18.7. The van der Waals surface area contributed by atoms with Crippen LogP contribution in [0.2, 0.25) is 0 Å². The molecule has 0 aliphatic heterocycles. The number of carbonyl (C=O) groups excluding carboxylic acids is 1. The summed E-state index contributed by atoms with van der Waals surface area (Å²) in [6.07, 6.45) is 1.47. The summed E-state index contributed by atoms with van der Waals surface area (Å²) < 4.78 is 1.62. The van der Waals surface area contributed by atoms with Crippen molar-refractivity contribution in [3.63, 3.8) is 0 Å². The SMILES string of the molecule is Cc1nncn1-c1ccc([N+](=O)[O-])cc1C(=O)c1ccccc1. The molecule has 3 rings (SSSR count). The molecule has 0 fully saturated rings. The lowest BCUT2D eigenvalue weighted by Gasteiger charge is -2.10. The highest BCUT2D eigenvalue weighted by Crippen LogP contribution is 2.24. The number of ketones is 1. The van der Waals surface area contributed by atoms with Gasteiger partial charge in [-0.3, -0.25) is 19.5 Å². The Bertz CT molecular complexity index is 887. The van der Waals surface area contributed by atoms with Gasteiger partial charge in [0, 0.05) is 17.7 Å². The topological polar surface area (TPSA) is 90.9 Å². The monoisotopic (exact) mass is 308 g/mol. The number of nitrogens with zero attached hydrogens (tertiary/aromatic N) is 4. The molecule has 3 aromatic rings. The second-order valence-corrected chi connectivity index (χ2v) is 4.90. The molecule has 1 heterocycles. The zero-order valence-electron chi connectivity index (χ0n) is 12.2. The Morgan fingerprint density at radius 2 is 1.91 bits per heavy atom. The number of nitro groups is 1. The van der Waals surface area contributed by atoms with Gasteiger partial charge in [0.25, 0.3) is 5.69 Å². The van der Waals surface area contributed by atoms with Crippen LogP contribution in [0, 0.1) is 17.0 Å². The first-order valence-corrected chi connectivity index (χ1v) is 6.83. The van der Waals surface area contributed by atoms with Gasteiger partial charge in [-0.1, -0.05) is 30.3 Å². The number of hydrogen-bond donors (Lipinski definition) is 0. The number of aromatic nitrogens is 3. The van der Waals surface area contributed by atoms with Gasteiger partial charge in [-0.2, -0.15) is 0 Å². The molecule has 0 unspecified atom stereocenters. The fourth-order valence-corrected chi connectivity index (χ4v) is 2.30. The van der Waals surface area contributed by atoms with Crippen LogP contribution in [0.15, 0.2) is 54.9 Å². The highest BCUT2D eigenvalue weighted by Gasteiger charge is 2.20. The van der Waals surface area contributed by atoms with Gasteiger partial charge in [-0.15, -0.1) is 10.2 Å². The summed E-state index contributed by atoms with van der Waals surface area (Å²) in [6.45, 7) is 1.74. The van der Waals surface area contributed by atoms with Crippen LogP contribution in [0.4, 0.5) is 5.69 Å². The maximum atomic E-state index is 12.8. The molecular formula is C16H12N4O3. The van der Waals surface area contributed by atoms with E-state index in [2.05, 4.69) is 10.2 Å².